The van der Waals surface area contributed by atoms with Crippen LogP contribution in [0.4, 0.5) is 13.2 Å². The van der Waals surface area contributed by atoms with Crippen molar-refractivity contribution in [3.8, 4) is 6.07 Å². The summed E-state index contributed by atoms with van der Waals surface area (Å²) < 4.78 is 38.9. The van der Waals surface area contributed by atoms with Gasteiger partial charge in [0, 0.05) is 17.3 Å². The van der Waals surface area contributed by atoms with Crippen LogP contribution >= 0.6 is 22.9 Å². The maximum Gasteiger partial charge on any atom is 0.417 e. The Morgan fingerprint density at radius 2 is 2.21 bits per heavy atom. The lowest BCUT2D eigenvalue weighted by atomic mass is 10.1. The van der Waals surface area contributed by atoms with Gasteiger partial charge in [-0.05, 0) is 13.0 Å². The van der Waals surface area contributed by atoms with Crippen LogP contribution in [0.25, 0.3) is 0 Å². The van der Waals surface area contributed by atoms with E-state index in [0.717, 1.165) is 11.3 Å². The summed E-state index contributed by atoms with van der Waals surface area (Å²) in [6.45, 7) is 0.968. The van der Waals surface area contributed by atoms with Gasteiger partial charge in [0.1, 0.15) is 10.0 Å². The molecule has 0 radical (unpaired) electrons. The number of thiazole rings is 1. The van der Waals surface area contributed by atoms with Crippen LogP contribution in [0.3, 0.4) is 0 Å². The van der Waals surface area contributed by atoms with E-state index in [4.69, 9.17) is 16.9 Å². The number of aryl methyl sites for hydroxylation is 1. The van der Waals surface area contributed by atoms with E-state index in [2.05, 4.69) is 4.98 Å². The van der Waals surface area contributed by atoms with Gasteiger partial charge in [-0.1, -0.05) is 11.6 Å². The van der Waals surface area contributed by atoms with E-state index in [1.165, 1.54) is 0 Å². The van der Waals surface area contributed by atoms with Crippen molar-refractivity contribution in [2.75, 3.05) is 0 Å². The Morgan fingerprint density at radius 1 is 1.54 bits per heavy atom. The predicted molar refractivity (Wildman–Crippen MR) is 80.9 cm³/mol. The number of Topliss-reactive ketones (excluding diaryl/α,β-unsaturated/α-hetero) is 1. The number of nitriles is 1. The monoisotopic (exact) mass is 375 g/mol. The van der Waals surface area contributed by atoms with E-state index in [1.807, 2.05) is 0 Å². The molecule has 0 aliphatic heterocycles. The Hall–Kier alpha value is -2.18. The molecular formula is C14H9ClF3N3O2S. The van der Waals surface area contributed by atoms with Crippen molar-refractivity contribution in [2.24, 2.45) is 0 Å². The van der Waals surface area contributed by atoms with Gasteiger partial charge in [-0.25, -0.2) is 4.98 Å². The van der Waals surface area contributed by atoms with E-state index in [0.29, 0.717) is 22.5 Å². The normalized spacial score (nSPS) is 12.7. The first-order valence-electron chi connectivity index (χ1n) is 6.45. The number of carbonyl (C=O) groups excluding carboxylic acids is 1. The van der Waals surface area contributed by atoms with Crippen molar-refractivity contribution < 1.29 is 18.0 Å². The molecule has 0 saturated heterocycles. The molecule has 0 N–H and O–H groups in total. The molecule has 0 aromatic carbocycles. The summed E-state index contributed by atoms with van der Waals surface area (Å²) in [6, 6.07) is 2.26. The third-order valence-corrected chi connectivity index (χ3v) is 4.33. The highest BCUT2D eigenvalue weighted by Crippen LogP contribution is 2.30. The molecule has 0 fully saturated rings. The van der Waals surface area contributed by atoms with Gasteiger partial charge >= 0.3 is 6.18 Å². The molecule has 2 aromatic rings. The van der Waals surface area contributed by atoms with Gasteiger partial charge in [-0.3, -0.25) is 9.59 Å². The molecule has 10 heteroatoms. The van der Waals surface area contributed by atoms with Crippen LogP contribution < -0.4 is 5.56 Å². The van der Waals surface area contributed by atoms with E-state index in [9.17, 15) is 22.8 Å². The number of rotatable bonds is 4. The number of pyridine rings is 1. The van der Waals surface area contributed by atoms with Crippen LogP contribution in [0.15, 0.2) is 22.4 Å². The first kappa shape index (κ1) is 18.2. The maximum absolute atomic E-state index is 12.8. The van der Waals surface area contributed by atoms with Crippen molar-refractivity contribution in [1.29, 1.82) is 5.26 Å². The Labute approximate surface area is 142 Å². The highest BCUT2D eigenvalue weighted by atomic mass is 35.5. The number of carbonyl (C=O) groups is 1. The van der Waals surface area contributed by atoms with Gasteiger partial charge in [0.15, 0.2) is 11.7 Å². The first-order chi connectivity index (χ1) is 11.1. The Balaban J connectivity index is 2.36. The van der Waals surface area contributed by atoms with Crippen LogP contribution in [-0.4, -0.2) is 15.3 Å². The molecule has 1 atom stereocenters. The van der Waals surface area contributed by atoms with Crippen molar-refractivity contribution in [3.63, 3.8) is 0 Å². The Morgan fingerprint density at radius 3 is 2.71 bits per heavy atom. The molecule has 0 spiro atoms. The average Bonchev–Trinajstić information content (AvgIpc) is 2.89. The maximum atomic E-state index is 12.8. The smallest absolute Gasteiger partial charge is 0.306 e. The molecule has 0 bridgehead atoms. The quantitative estimate of drug-likeness (QED) is 0.822. The second-order valence-corrected chi connectivity index (χ2v) is 6.16. The number of hydrogen-bond donors (Lipinski definition) is 0. The molecule has 0 aliphatic carbocycles. The minimum atomic E-state index is -4.72. The molecule has 2 heterocycles. The molecule has 2 rings (SSSR count). The number of nitrogens with zero attached hydrogens (tertiary/aromatic N) is 3. The van der Waals surface area contributed by atoms with Gasteiger partial charge in [-0.15, -0.1) is 11.3 Å². The minimum Gasteiger partial charge on any atom is -0.306 e. The fourth-order valence-corrected chi connectivity index (χ4v) is 2.99. The Bertz CT molecular complexity index is 883. The number of hydrogen-bond acceptors (Lipinski definition) is 5. The topological polar surface area (TPSA) is 75.8 Å². The van der Waals surface area contributed by atoms with Gasteiger partial charge in [-0.2, -0.15) is 18.4 Å². The summed E-state index contributed by atoms with van der Waals surface area (Å²) in [5, 5.41) is 10.4. The van der Waals surface area contributed by atoms with E-state index in [-0.39, 0.29) is 5.01 Å². The second-order valence-electron chi connectivity index (χ2n) is 4.86. The van der Waals surface area contributed by atoms with Crippen LogP contribution in [0.2, 0.25) is 5.02 Å². The average molecular weight is 376 g/mol. The summed E-state index contributed by atoms with van der Waals surface area (Å²) in [5.41, 5.74) is -1.48. The SMILES string of the molecule is Cc1csc(C(C#N)C(=O)Cn2cc(C(F)(F)F)cc(Cl)c2=O)n1. The van der Waals surface area contributed by atoms with Crippen molar-refractivity contribution >= 4 is 28.7 Å². The molecule has 0 saturated carbocycles. The lowest BCUT2D eigenvalue weighted by Crippen LogP contribution is -2.28. The Kier molecular flexibility index (Phi) is 5.11. The van der Waals surface area contributed by atoms with Gasteiger partial charge < -0.3 is 4.57 Å². The largest absolute Gasteiger partial charge is 0.417 e. The van der Waals surface area contributed by atoms with E-state index < -0.39 is 40.6 Å². The number of ketones is 1. The van der Waals surface area contributed by atoms with Crippen LogP contribution in [-0.2, 0) is 17.5 Å². The first-order valence-corrected chi connectivity index (χ1v) is 7.70. The molecule has 0 aliphatic rings. The molecule has 2 aromatic heterocycles. The second kappa shape index (κ2) is 6.75. The molecule has 1 unspecified atom stereocenters. The molecule has 126 valence electrons. The zero-order valence-electron chi connectivity index (χ0n) is 12.1. The zero-order valence-corrected chi connectivity index (χ0v) is 13.7. The minimum absolute atomic E-state index is 0.228. The van der Waals surface area contributed by atoms with Gasteiger partial charge in [0.05, 0.1) is 18.2 Å². The van der Waals surface area contributed by atoms with Gasteiger partial charge in [0.2, 0.25) is 0 Å². The third kappa shape index (κ3) is 3.83. The van der Waals surface area contributed by atoms with E-state index in [1.54, 1.807) is 18.4 Å². The standard InChI is InChI=1S/C14H9ClF3N3O2S/c1-7-6-24-12(20-7)9(3-19)11(22)5-21-4-8(14(16,17)18)2-10(15)13(21)23/h2,4,6,9H,5H2,1H3. The van der Waals surface area contributed by atoms with Crippen molar-refractivity contribution in [2.45, 2.75) is 25.6 Å². The molecule has 24 heavy (non-hydrogen) atoms. The highest BCUT2D eigenvalue weighted by molar-refractivity contribution is 7.09. The highest BCUT2D eigenvalue weighted by Gasteiger charge is 2.32. The molecule has 0 amide bonds. The summed E-state index contributed by atoms with van der Waals surface area (Å²) in [6.07, 6.45) is -4.21. The third-order valence-electron chi connectivity index (χ3n) is 3.03. The summed E-state index contributed by atoms with van der Waals surface area (Å²) >= 11 is 6.61. The summed E-state index contributed by atoms with van der Waals surface area (Å²) in [4.78, 5) is 28.1. The number of aromatic nitrogens is 2. The summed E-state index contributed by atoms with van der Waals surface area (Å²) in [7, 11) is 0. The predicted octanol–water partition coefficient (Wildman–Crippen LogP) is 3.16. The van der Waals surface area contributed by atoms with E-state index >= 15 is 0 Å². The fraction of sp³-hybridized carbons (Fsp3) is 0.286. The van der Waals surface area contributed by atoms with Crippen LogP contribution in [0.5, 0.6) is 0 Å². The van der Waals surface area contributed by atoms with Crippen molar-refractivity contribution in [1.82, 2.24) is 9.55 Å². The molecule has 5 nitrogen and oxygen atoms in total. The van der Waals surface area contributed by atoms with Crippen molar-refractivity contribution in [3.05, 3.63) is 49.3 Å². The lowest BCUT2D eigenvalue weighted by Gasteiger charge is -2.12. The molecular weight excluding hydrogens is 367 g/mol. The number of alkyl halides is 3. The van der Waals surface area contributed by atoms with Gasteiger partial charge in [0.25, 0.3) is 5.56 Å². The fourth-order valence-electron chi connectivity index (χ4n) is 1.90. The van der Waals surface area contributed by atoms with Crippen LogP contribution in [0.1, 0.15) is 22.2 Å². The number of halogens is 4. The zero-order chi connectivity index (χ0) is 18.1. The summed E-state index contributed by atoms with van der Waals surface area (Å²) in [5.74, 6) is -2.01. The lowest BCUT2D eigenvalue weighted by molar-refractivity contribution is -0.138. The van der Waals surface area contributed by atoms with Crippen LogP contribution in [0, 0.1) is 18.3 Å².